The molecule has 3 rings (SSSR count). The van der Waals surface area contributed by atoms with Crippen molar-refractivity contribution < 1.29 is 9.53 Å². The topological polar surface area (TPSA) is 82.2 Å². The van der Waals surface area contributed by atoms with Gasteiger partial charge in [-0.3, -0.25) is 4.79 Å². The highest BCUT2D eigenvalue weighted by molar-refractivity contribution is 6.04. The second-order valence-electron chi connectivity index (χ2n) is 7.28. The number of benzene rings is 2. The minimum Gasteiger partial charge on any atom is -0.489 e. The average molecular weight is 407 g/mol. The van der Waals surface area contributed by atoms with Crippen LogP contribution in [0.4, 0.5) is 0 Å². The summed E-state index contributed by atoms with van der Waals surface area (Å²) < 4.78 is 8.48. The van der Waals surface area contributed by atoms with Crippen molar-refractivity contribution in [1.82, 2.24) is 24.7 Å². The summed E-state index contributed by atoms with van der Waals surface area (Å²) in [5.74, 6) is 0.602. The number of carbonyl (C=O) groups excluding carboxylic acids is 1. The maximum atomic E-state index is 12.3. The van der Waals surface area contributed by atoms with E-state index >= 15 is 0 Å². The van der Waals surface area contributed by atoms with Crippen molar-refractivity contribution in [2.75, 3.05) is 14.1 Å². The fourth-order valence-corrected chi connectivity index (χ4v) is 2.97. The molecule has 156 valence electrons. The predicted molar refractivity (Wildman–Crippen MR) is 114 cm³/mol. The Balaban J connectivity index is 1.84. The summed E-state index contributed by atoms with van der Waals surface area (Å²) >= 11 is 0. The van der Waals surface area contributed by atoms with Gasteiger partial charge in [0.15, 0.2) is 5.78 Å². The zero-order chi connectivity index (χ0) is 21.8. The van der Waals surface area contributed by atoms with Crippen molar-refractivity contribution in [3.05, 3.63) is 81.4 Å². The summed E-state index contributed by atoms with van der Waals surface area (Å²) in [6.07, 6.45) is 3.25. The SMILES string of the molecule is Cc1cc(C(=O)C=CN(C)C)ccc1OCc1c(C)cccc1-n1nnn(C)c1=O. The van der Waals surface area contributed by atoms with Crippen LogP contribution in [0.25, 0.3) is 5.69 Å². The zero-order valence-corrected chi connectivity index (χ0v) is 17.8. The van der Waals surface area contributed by atoms with E-state index in [-0.39, 0.29) is 18.1 Å². The van der Waals surface area contributed by atoms with Gasteiger partial charge in [-0.1, -0.05) is 12.1 Å². The van der Waals surface area contributed by atoms with Crippen molar-refractivity contribution in [2.45, 2.75) is 20.5 Å². The van der Waals surface area contributed by atoms with E-state index in [1.54, 1.807) is 25.4 Å². The van der Waals surface area contributed by atoms with E-state index in [0.717, 1.165) is 16.7 Å². The van der Waals surface area contributed by atoms with Crippen LogP contribution in [0.2, 0.25) is 0 Å². The summed E-state index contributed by atoms with van der Waals surface area (Å²) in [5, 5.41) is 7.72. The van der Waals surface area contributed by atoms with Crippen LogP contribution in [0.15, 0.2) is 53.5 Å². The van der Waals surface area contributed by atoms with E-state index in [1.807, 2.05) is 57.1 Å². The molecule has 30 heavy (non-hydrogen) atoms. The van der Waals surface area contributed by atoms with E-state index in [2.05, 4.69) is 10.4 Å². The number of hydrogen-bond donors (Lipinski definition) is 0. The number of carbonyl (C=O) groups is 1. The first-order valence-corrected chi connectivity index (χ1v) is 9.48. The Hall–Kier alpha value is -3.68. The maximum absolute atomic E-state index is 12.3. The van der Waals surface area contributed by atoms with Gasteiger partial charge in [-0.25, -0.2) is 4.79 Å². The highest BCUT2D eigenvalue weighted by atomic mass is 16.5. The minimum atomic E-state index is -0.327. The molecule has 8 heteroatoms. The predicted octanol–water partition coefficient (Wildman–Crippen LogP) is 2.42. The van der Waals surface area contributed by atoms with Crippen molar-refractivity contribution in [3.8, 4) is 11.4 Å². The molecule has 0 aliphatic carbocycles. The molecule has 1 aromatic heterocycles. The van der Waals surface area contributed by atoms with E-state index < -0.39 is 0 Å². The van der Waals surface area contributed by atoms with Crippen LogP contribution in [-0.4, -0.2) is 44.6 Å². The molecule has 0 unspecified atom stereocenters. The third kappa shape index (κ3) is 4.48. The van der Waals surface area contributed by atoms with Crippen LogP contribution in [0.3, 0.4) is 0 Å². The third-order valence-corrected chi connectivity index (χ3v) is 4.69. The van der Waals surface area contributed by atoms with Crippen LogP contribution in [-0.2, 0) is 13.7 Å². The van der Waals surface area contributed by atoms with Gasteiger partial charge in [-0.05, 0) is 59.7 Å². The fourth-order valence-electron chi connectivity index (χ4n) is 2.97. The molecule has 1 heterocycles. The molecule has 0 amide bonds. The Kier molecular flexibility index (Phi) is 6.15. The number of aryl methyl sites for hydroxylation is 3. The lowest BCUT2D eigenvalue weighted by Crippen LogP contribution is -2.23. The minimum absolute atomic E-state index is 0.0680. The molecule has 0 bridgehead atoms. The summed E-state index contributed by atoms with van der Waals surface area (Å²) in [4.78, 5) is 26.4. The largest absolute Gasteiger partial charge is 0.489 e. The first kappa shape index (κ1) is 21.0. The summed E-state index contributed by atoms with van der Waals surface area (Å²) in [5.41, 5.74) is 3.57. The highest BCUT2D eigenvalue weighted by Gasteiger charge is 2.14. The molecule has 8 nitrogen and oxygen atoms in total. The van der Waals surface area contributed by atoms with Crippen LogP contribution in [0.5, 0.6) is 5.75 Å². The summed E-state index contributed by atoms with van der Waals surface area (Å²) in [7, 11) is 5.28. The van der Waals surface area contributed by atoms with E-state index in [4.69, 9.17) is 4.74 Å². The van der Waals surface area contributed by atoms with Gasteiger partial charge in [0.1, 0.15) is 12.4 Å². The Morgan fingerprint density at radius 3 is 2.53 bits per heavy atom. The second-order valence-corrected chi connectivity index (χ2v) is 7.28. The lowest BCUT2D eigenvalue weighted by Gasteiger charge is -2.14. The van der Waals surface area contributed by atoms with Crippen molar-refractivity contribution in [3.63, 3.8) is 0 Å². The van der Waals surface area contributed by atoms with E-state index in [9.17, 15) is 9.59 Å². The van der Waals surface area contributed by atoms with Gasteiger partial charge in [0, 0.05) is 44.5 Å². The van der Waals surface area contributed by atoms with Gasteiger partial charge in [-0.2, -0.15) is 9.36 Å². The molecule has 0 atom stereocenters. The molecule has 0 radical (unpaired) electrons. The monoisotopic (exact) mass is 407 g/mol. The average Bonchev–Trinajstić information content (AvgIpc) is 3.04. The lowest BCUT2D eigenvalue weighted by molar-refractivity contribution is 0.104. The zero-order valence-electron chi connectivity index (χ0n) is 17.8. The molecule has 2 aromatic carbocycles. The third-order valence-electron chi connectivity index (χ3n) is 4.69. The summed E-state index contributed by atoms with van der Waals surface area (Å²) in [6, 6.07) is 11.0. The first-order chi connectivity index (χ1) is 14.3. The number of ether oxygens (including phenoxy) is 1. The van der Waals surface area contributed by atoms with Gasteiger partial charge >= 0.3 is 5.69 Å². The molecule has 0 N–H and O–H groups in total. The Labute approximate surface area is 175 Å². The second kappa shape index (κ2) is 8.77. The smallest absolute Gasteiger partial charge is 0.368 e. The standard InChI is InChI=1S/C22H25N5O3/c1-15-7-6-8-19(27-22(29)26(5)23-24-27)18(15)14-30-21-10-9-17(13-16(21)2)20(28)11-12-25(3)4/h6-13H,14H2,1-5H3. The van der Waals surface area contributed by atoms with Gasteiger partial charge < -0.3 is 9.64 Å². The summed E-state index contributed by atoms with van der Waals surface area (Å²) in [6.45, 7) is 4.10. The highest BCUT2D eigenvalue weighted by Crippen LogP contribution is 2.24. The lowest BCUT2D eigenvalue weighted by atomic mass is 10.1. The number of nitrogens with zero attached hydrogens (tertiary/aromatic N) is 5. The molecule has 3 aromatic rings. The van der Waals surface area contributed by atoms with E-state index in [1.165, 1.54) is 15.4 Å². The first-order valence-electron chi connectivity index (χ1n) is 9.48. The van der Waals surface area contributed by atoms with Crippen LogP contribution < -0.4 is 10.4 Å². The van der Waals surface area contributed by atoms with Gasteiger partial charge in [0.25, 0.3) is 0 Å². The Morgan fingerprint density at radius 2 is 1.90 bits per heavy atom. The number of hydrogen-bond acceptors (Lipinski definition) is 6. The van der Waals surface area contributed by atoms with Crippen LogP contribution >= 0.6 is 0 Å². The number of rotatable bonds is 7. The van der Waals surface area contributed by atoms with Crippen molar-refractivity contribution in [1.29, 1.82) is 0 Å². The molecular weight excluding hydrogens is 382 g/mol. The van der Waals surface area contributed by atoms with Crippen LogP contribution in [0.1, 0.15) is 27.0 Å². The normalized spacial score (nSPS) is 11.1. The quantitative estimate of drug-likeness (QED) is 0.442. The number of allylic oxidation sites excluding steroid dienone is 1. The number of aromatic nitrogens is 4. The molecular formula is C22H25N5O3. The van der Waals surface area contributed by atoms with Gasteiger partial charge in [-0.15, -0.1) is 0 Å². The van der Waals surface area contributed by atoms with E-state index in [0.29, 0.717) is 17.0 Å². The fraction of sp³-hybridized carbons (Fsp3) is 0.273. The molecule has 0 spiro atoms. The maximum Gasteiger partial charge on any atom is 0.368 e. The number of tetrazole rings is 1. The molecule has 0 saturated carbocycles. The van der Waals surface area contributed by atoms with Crippen molar-refractivity contribution >= 4 is 5.78 Å². The molecule has 0 saturated heterocycles. The van der Waals surface area contributed by atoms with Gasteiger partial charge in [0.2, 0.25) is 0 Å². The number of ketones is 1. The molecule has 0 aliphatic heterocycles. The van der Waals surface area contributed by atoms with Crippen LogP contribution in [0, 0.1) is 13.8 Å². The van der Waals surface area contributed by atoms with Crippen molar-refractivity contribution in [2.24, 2.45) is 7.05 Å². The van der Waals surface area contributed by atoms with Gasteiger partial charge in [0.05, 0.1) is 5.69 Å². The molecule has 0 aliphatic rings. The molecule has 0 fully saturated rings. The Morgan fingerprint density at radius 1 is 1.13 bits per heavy atom. The Bertz CT molecular complexity index is 1160.